The summed E-state index contributed by atoms with van der Waals surface area (Å²) in [6.07, 6.45) is 3.30. The highest BCUT2D eigenvalue weighted by Gasteiger charge is 2.20. The second-order valence-electron chi connectivity index (χ2n) is 4.62. The number of hydrogen-bond acceptors (Lipinski definition) is 2. The van der Waals surface area contributed by atoms with Crippen LogP contribution in [0.3, 0.4) is 0 Å². The van der Waals surface area contributed by atoms with Crippen molar-refractivity contribution >= 4 is 27.5 Å². The molecule has 1 aromatic rings. The van der Waals surface area contributed by atoms with Gasteiger partial charge in [-0.1, -0.05) is 46.9 Å². The Balaban J connectivity index is 2.78. The van der Waals surface area contributed by atoms with Crippen LogP contribution in [-0.4, -0.2) is 25.8 Å². The summed E-state index contributed by atoms with van der Waals surface area (Å²) >= 11 is 9.72. The van der Waals surface area contributed by atoms with Gasteiger partial charge in [0.25, 0.3) is 0 Å². The largest absolute Gasteiger partial charge is 0.377 e. The molecule has 2 unspecified atom stereocenters. The Labute approximate surface area is 130 Å². The molecular formula is C15H23BrClNO. The Hall–Kier alpha value is -0.0900. The summed E-state index contributed by atoms with van der Waals surface area (Å²) in [5, 5.41) is 4.17. The molecule has 0 fully saturated rings. The van der Waals surface area contributed by atoms with Crippen molar-refractivity contribution in [1.82, 2.24) is 5.32 Å². The average molecular weight is 349 g/mol. The number of hydrogen-bond donors (Lipinski definition) is 1. The van der Waals surface area contributed by atoms with Crippen LogP contribution >= 0.6 is 27.5 Å². The highest BCUT2D eigenvalue weighted by molar-refractivity contribution is 9.10. The van der Waals surface area contributed by atoms with E-state index in [-0.39, 0.29) is 6.10 Å². The first-order valence-corrected chi connectivity index (χ1v) is 8.02. The van der Waals surface area contributed by atoms with Crippen molar-refractivity contribution in [3.8, 4) is 0 Å². The molecule has 4 heteroatoms. The number of likely N-dealkylation sites (N-methyl/N-ethyl adjacent to an activating group) is 1. The van der Waals surface area contributed by atoms with Crippen molar-refractivity contribution < 1.29 is 4.74 Å². The topological polar surface area (TPSA) is 21.3 Å². The summed E-state index contributed by atoms with van der Waals surface area (Å²) in [5.41, 5.74) is 1.16. The quantitative estimate of drug-likeness (QED) is 0.750. The lowest BCUT2D eigenvalue weighted by Gasteiger charge is -2.27. The standard InChI is InChI=1S/C15H23BrClNO/c1-4-6-15(19-5-2)14(18-3)9-11-7-8-12(16)10-13(11)17/h7-8,10,14-15,18H,4-6,9H2,1-3H3. The summed E-state index contributed by atoms with van der Waals surface area (Å²) in [7, 11) is 1.99. The van der Waals surface area contributed by atoms with Gasteiger partial charge in [0.1, 0.15) is 0 Å². The molecule has 0 saturated heterocycles. The maximum absolute atomic E-state index is 6.29. The third kappa shape index (κ3) is 5.42. The predicted octanol–water partition coefficient (Wildman–Crippen LogP) is 4.44. The van der Waals surface area contributed by atoms with E-state index >= 15 is 0 Å². The van der Waals surface area contributed by atoms with Gasteiger partial charge < -0.3 is 10.1 Å². The number of ether oxygens (including phenoxy) is 1. The predicted molar refractivity (Wildman–Crippen MR) is 86.0 cm³/mol. The van der Waals surface area contributed by atoms with E-state index in [0.29, 0.717) is 6.04 Å². The van der Waals surface area contributed by atoms with Crippen molar-refractivity contribution in [3.63, 3.8) is 0 Å². The van der Waals surface area contributed by atoms with Gasteiger partial charge in [0.2, 0.25) is 0 Å². The average Bonchev–Trinajstić information content (AvgIpc) is 2.38. The molecule has 0 spiro atoms. The summed E-state index contributed by atoms with van der Waals surface area (Å²) in [4.78, 5) is 0. The summed E-state index contributed by atoms with van der Waals surface area (Å²) in [6.45, 7) is 4.98. The Bertz CT molecular complexity index is 380. The Morgan fingerprint density at radius 3 is 2.63 bits per heavy atom. The fourth-order valence-corrected chi connectivity index (χ4v) is 2.99. The molecule has 0 saturated carbocycles. The first kappa shape index (κ1) is 17.0. The fraction of sp³-hybridized carbons (Fsp3) is 0.600. The molecule has 0 amide bonds. The molecular weight excluding hydrogens is 326 g/mol. The molecule has 0 aliphatic carbocycles. The lowest BCUT2D eigenvalue weighted by Crippen LogP contribution is -2.41. The van der Waals surface area contributed by atoms with Gasteiger partial charge in [-0.25, -0.2) is 0 Å². The second-order valence-corrected chi connectivity index (χ2v) is 5.94. The molecule has 1 N–H and O–H groups in total. The zero-order valence-corrected chi connectivity index (χ0v) is 14.2. The fourth-order valence-electron chi connectivity index (χ4n) is 2.24. The van der Waals surface area contributed by atoms with Crippen molar-refractivity contribution in [3.05, 3.63) is 33.3 Å². The van der Waals surface area contributed by atoms with Crippen LogP contribution in [0.25, 0.3) is 0 Å². The van der Waals surface area contributed by atoms with Gasteiger partial charge in [-0.3, -0.25) is 0 Å². The molecule has 1 aromatic carbocycles. The third-order valence-corrected chi connectivity index (χ3v) is 4.07. The minimum atomic E-state index is 0.236. The first-order valence-electron chi connectivity index (χ1n) is 6.85. The van der Waals surface area contributed by atoms with Crippen molar-refractivity contribution in [2.75, 3.05) is 13.7 Å². The van der Waals surface area contributed by atoms with Crippen LogP contribution in [0, 0.1) is 0 Å². The number of benzene rings is 1. The number of rotatable bonds is 8. The van der Waals surface area contributed by atoms with Crippen LogP contribution in [0.2, 0.25) is 5.02 Å². The normalized spacial score (nSPS) is 14.4. The SMILES string of the molecule is CCCC(OCC)C(Cc1ccc(Br)cc1Cl)NC. The van der Waals surface area contributed by atoms with Crippen molar-refractivity contribution in [1.29, 1.82) is 0 Å². The lowest BCUT2D eigenvalue weighted by molar-refractivity contribution is 0.0301. The van der Waals surface area contributed by atoms with E-state index in [1.807, 2.05) is 26.1 Å². The van der Waals surface area contributed by atoms with Gasteiger partial charge in [0.15, 0.2) is 0 Å². The van der Waals surface area contributed by atoms with E-state index in [1.54, 1.807) is 0 Å². The zero-order chi connectivity index (χ0) is 14.3. The van der Waals surface area contributed by atoms with E-state index in [1.165, 1.54) is 0 Å². The lowest BCUT2D eigenvalue weighted by atomic mass is 9.98. The van der Waals surface area contributed by atoms with E-state index < -0.39 is 0 Å². The van der Waals surface area contributed by atoms with Gasteiger partial charge in [-0.2, -0.15) is 0 Å². The van der Waals surface area contributed by atoms with Crippen LogP contribution in [0.15, 0.2) is 22.7 Å². The molecule has 0 heterocycles. The van der Waals surface area contributed by atoms with Gasteiger partial charge >= 0.3 is 0 Å². The minimum Gasteiger partial charge on any atom is -0.377 e. The Morgan fingerprint density at radius 2 is 2.11 bits per heavy atom. The molecule has 0 aliphatic rings. The maximum atomic E-state index is 6.29. The van der Waals surface area contributed by atoms with Crippen LogP contribution < -0.4 is 5.32 Å². The molecule has 0 aromatic heterocycles. The monoisotopic (exact) mass is 347 g/mol. The molecule has 2 nitrogen and oxygen atoms in total. The smallest absolute Gasteiger partial charge is 0.0730 e. The van der Waals surface area contributed by atoms with Crippen molar-refractivity contribution in [2.45, 2.75) is 45.3 Å². The van der Waals surface area contributed by atoms with E-state index in [4.69, 9.17) is 16.3 Å². The van der Waals surface area contributed by atoms with E-state index in [2.05, 4.69) is 34.2 Å². The molecule has 0 radical (unpaired) electrons. The van der Waals surface area contributed by atoms with E-state index in [9.17, 15) is 0 Å². The number of halogens is 2. The van der Waals surface area contributed by atoms with Gasteiger partial charge in [-0.05, 0) is 44.5 Å². The maximum Gasteiger partial charge on any atom is 0.0730 e. The van der Waals surface area contributed by atoms with Gasteiger partial charge in [0.05, 0.1) is 6.10 Å². The summed E-state index contributed by atoms with van der Waals surface area (Å²) < 4.78 is 6.87. The van der Waals surface area contributed by atoms with E-state index in [0.717, 1.165) is 40.9 Å². The molecule has 2 atom stereocenters. The Morgan fingerprint density at radius 1 is 1.37 bits per heavy atom. The second kappa shape index (κ2) is 8.96. The Kier molecular flexibility index (Phi) is 8.00. The molecule has 1 rings (SSSR count). The molecule has 19 heavy (non-hydrogen) atoms. The van der Waals surface area contributed by atoms with Gasteiger partial charge in [-0.15, -0.1) is 0 Å². The first-order chi connectivity index (χ1) is 9.12. The van der Waals surface area contributed by atoms with Crippen molar-refractivity contribution in [2.24, 2.45) is 0 Å². The summed E-state index contributed by atoms with van der Waals surface area (Å²) in [5.74, 6) is 0. The molecule has 108 valence electrons. The highest BCUT2D eigenvalue weighted by Crippen LogP contribution is 2.24. The number of nitrogens with one attached hydrogen (secondary N) is 1. The third-order valence-electron chi connectivity index (χ3n) is 3.23. The molecule has 0 bridgehead atoms. The van der Waals surface area contributed by atoms with Crippen LogP contribution in [0.1, 0.15) is 32.3 Å². The highest BCUT2D eigenvalue weighted by atomic mass is 79.9. The van der Waals surface area contributed by atoms with Crippen LogP contribution in [0.4, 0.5) is 0 Å². The van der Waals surface area contributed by atoms with Crippen LogP contribution in [-0.2, 0) is 11.2 Å². The van der Waals surface area contributed by atoms with Crippen LogP contribution in [0.5, 0.6) is 0 Å². The minimum absolute atomic E-state index is 0.236. The summed E-state index contributed by atoms with van der Waals surface area (Å²) in [6, 6.07) is 6.34. The zero-order valence-electron chi connectivity index (χ0n) is 11.9. The molecule has 0 aliphatic heterocycles. The van der Waals surface area contributed by atoms with Gasteiger partial charge in [0, 0.05) is 22.1 Å².